The largest absolute Gasteiger partial charge is 0.416 e. The van der Waals surface area contributed by atoms with E-state index in [1.807, 2.05) is 30.3 Å². The molecule has 0 spiro atoms. The van der Waals surface area contributed by atoms with Crippen LogP contribution in [0.5, 0.6) is 0 Å². The van der Waals surface area contributed by atoms with Crippen molar-refractivity contribution in [3.05, 3.63) is 76.4 Å². The second-order valence-electron chi connectivity index (χ2n) is 5.11. The van der Waals surface area contributed by atoms with Crippen molar-refractivity contribution < 1.29 is 13.2 Å². The van der Waals surface area contributed by atoms with Crippen molar-refractivity contribution in [3.8, 4) is 11.3 Å². The van der Waals surface area contributed by atoms with Crippen LogP contribution in [0.3, 0.4) is 0 Å². The first-order chi connectivity index (χ1) is 10.9. The van der Waals surface area contributed by atoms with Gasteiger partial charge in [0.1, 0.15) is 0 Å². The van der Waals surface area contributed by atoms with Crippen LogP contribution in [0.25, 0.3) is 11.3 Å². The minimum Gasteiger partial charge on any atom is -0.268 e. The van der Waals surface area contributed by atoms with Crippen molar-refractivity contribution in [2.45, 2.75) is 12.7 Å². The highest BCUT2D eigenvalue weighted by atomic mass is 79.9. The Kier molecular flexibility index (Phi) is 4.26. The van der Waals surface area contributed by atoms with Crippen molar-refractivity contribution in [2.75, 3.05) is 0 Å². The van der Waals surface area contributed by atoms with Crippen molar-refractivity contribution in [3.63, 3.8) is 0 Å². The summed E-state index contributed by atoms with van der Waals surface area (Å²) in [6.45, 7) is 0.290. The van der Waals surface area contributed by atoms with Crippen molar-refractivity contribution >= 4 is 15.9 Å². The van der Waals surface area contributed by atoms with Crippen LogP contribution in [-0.4, -0.2) is 9.78 Å². The lowest BCUT2D eigenvalue weighted by molar-refractivity contribution is -0.137. The SMILES string of the molecule is FC(F)(F)c1cccc(Cn2ccc(-c3cccc(Br)c3)n2)c1. The first kappa shape index (κ1) is 15.8. The predicted molar refractivity (Wildman–Crippen MR) is 85.9 cm³/mol. The van der Waals surface area contributed by atoms with Crippen LogP contribution >= 0.6 is 15.9 Å². The first-order valence-electron chi connectivity index (χ1n) is 6.87. The van der Waals surface area contributed by atoms with E-state index < -0.39 is 11.7 Å². The topological polar surface area (TPSA) is 17.8 Å². The zero-order valence-corrected chi connectivity index (χ0v) is 13.5. The second kappa shape index (κ2) is 6.20. The van der Waals surface area contributed by atoms with Gasteiger partial charge >= 0.3 is 6.18 Å². The van der Waals surface area contributed by atoms with Gasteiger partial charge in [-0.25, -0.2) is 0 Å². The number of halogens is 4. The number of benzene rings is 2. The molecule has 118 valence electrons. The predicted octanol–water partition coefficient (Wildman–Crippen LogP) is 5.38. The molecule has 0 radical (unpaired) electrons. The molecule has 0 bridgehead atoms. The molecule has 0 aliphatic carbocycles. The standard InChI is InChI=1S/C17H12BrF3N2/c18-15-6-2-4-13(10-15)16-7-8-23(22-16)11-12-3-1-5-14(9-12)17(19,20)21/h1-10H,11H2. The Morgan fingerprint density at radius 2 is 1.78 bits per heavy atom. The van der Waals surface area contributed by atoms with Gasteiger partial charge in [-0.2, -0.15) is 18.3 Å². The van der Waals surface area contributed by atoms with Crippen LogP contribution in [0, 0.1) is 0 Å². The number of nitrogens with zero attached hydrogens (tertiary/aromatic N) is 2. The Labute approximate surface area is 139 Å². The number of alkyl halides is 3. The van der Waals surface area contributed by atoms with E-state index in [-0.39, 0.29) is 6.54 Å². The van der Waals surface area contributed by atoms with Gasteiger partial charge < -0.3 is 0 Å². The van der Waals surface area contributed by atoms with E-state index in [2.05, 4.69) is 21.0 Å². The molecular formula is C17H12BrF3N2. The van der Waals surface area contributed by atoms with E-state index in [0.29, 0.717) is 5.56 Å². The van der Waals surface area contributed by atoms with Crippen LogP contribution in [0.4, 0.5) is 13.2 Å². The lowest BCUT2D eigenvalue weighted by Gasteiger charge is -2.08. The fourth-order valence-electron chi connectivity index (χ4n) is 2.28. The third-order valence-corrected chi connectivity index (χ3v) is 3.85. The first-order valence-corrected chi connectivity index (χ1v) is 7.67. The zero-order valence-electron chi connectivity index (χ0n) is 11.9. The highest BCUT2D eigenvalue weighted by Gasteiger charge is 2.30. The monoisotopic (exact) mass is 380 g/mol. The molecule has 1 heterocycles. The second-order valence-corrected chi connectivity index (χ2v) is 6.02. The van der Waals surface area contributed by atoms with Gasteiger partial charge in [0.15, 0.2) is 0 Å². The molecule has 0 aliphatic rings. The van der Waals surface area contributed by atoms with Gasteiger partial charge in [-0.15, -0.1) is 0 Å². The van der Waals surface area contributed by atoms with Gasteiger partial charge in [0.2, 0.25) is 0 Å². The molecule has 6 heteroatoms. The minimum absolute atomic E-state index is 0.290. The van der Waals surface area contributed by atoms with Gasteiger partial charge in [-0.1, -0.05) is 40.2 Å². The Hall–Kier alpha value is -2.08. The molecule has 0 saturated carbocycles. The van der Waals surface area contributed by atoms with Gasteiger partial charge in [0, 0.05) is 16.2 Å². The molecule has 0 fully saturated rings. The summed E-state index contributed by atoms with van der Waals surface area (Å²) in [6, 6.07) is 14.8. The molecule has 0 saturated heterocycles. The Balaban J connectivity index is 1.82. The molecule has 3 aromatic rings. The lowest BCUT2D eigenvalue weighted by Crippen LogP contribution is -2.07. The molecule has 3 rings (SSSR count). The highest BCUT2D eigenvalue weighted by molar-refractivity contribution is 9.10. The number of hydrogen-bond donors (Lipinski definition) is 0. The smallest absolute Gasteiger partial charge is 0.268 e. The van der Waals surface area contributed by atoms with E-state index in [1.54, 1.807) is 16.9 Å². The van der Waals surface area contributed by atoms with Crippen LogP contribution < -0.4 is 0 Å². The van der Waals surface area contributed by atoms with Crippen LogP contribution in [-0.2, 0) is 12.7 Å². The zero-order chi connectivity index (χ0) is 16.4. The van der Waals surface area contributed by atoms with Gasteiger partial charge in [-0.3, -0.25) is 4.68 Å². The highest BCUT2D eigenvalue weighted by Crippen LogP contribution is 2.29. The Bertz CT molecular complexity index is 824. The maximum Gasteiger partial charge on any atom is 0.416 e. The fraction of sp³-hybridized carbons (Fsp3) is 0.118. The molecule has 2 aromatic carbocycles. The summed E-state index contributed by atoms with van der Waals surface area (Å²) in [5, 5.41) is 4.42. The van der Waals surface area contributed by atoms with Crippen LogP contribution in [0.2, 0.25) is 0 Å². The molecule has 0 N–H and O–H groups in total. The number of rotatable bonds is 3. The average Bonchev–Trinajstić information content (AvgIpc) is 2.95. The van der Waals surface area contributed by atoms with E-state index in [1.165, 1.54) is 6.07 Å². The molecule has 23 heavy (non-hydrogen) atoms. The summed E-state index contributed by atoms with van der Waals surface area (Å²) in [4.78, 5) is 0. The van der Waals surface area contributed by atoms with E-state index >= 15 is 0 Å². The lowest BCUT2D eigenvalue weighted by atomic mass is 10.1. The maximum absolute atomic E-state index is 12.7. The third kappa shape index (κ3) is 3.82. The van der Waals surface area contributed by atoms with Crippen molar-refractivity contribution in [1.29, 1.82) is 0 Å². The molecule has 0 aliphatic heterocycles. The van der Waals surface area contributed by atoms with E-state index in [9.17, 15) is 13.2 Å². The van der Waals surface area contributed by atoms with Gasteiger partial charge in [-0.05, 0) is 35.9 Å². The van der Waals surface area contributed by atoms with Crippen molar-refractivity contribution in [2.24, 2.45) is 0 Å². The third-order valence-electron chi connectivity index (χ3n) is 3.36. The maximum atomic E-state index is 12.7. The number of aromatic nitrogens is 2. The van der Waals surface area contributed by atoms with Gasteiger partial charge in [0.25, 0.3) is 0 Å². The number of hydrogen-bond acceptors (Lipinski definition) is 1. The quantitative estimate of drug-likeness (QED) is 0.596. The molecule has 0 unspecified atom stereocenters. The van der Waals surface area contributed by atoms with Crippen LogP contribution in [0.15, 0.2) is 65.3 Å². The van der Waals surface area contributed by atoms with Crippen molar-refractivity contribution in [1.82, 2.24) is 9.78 Å². The summed E-state index contributed by atoms with van der Waals surface area (Å²) >= 11 is 3.41. The Morgan fingerprint density at radius 3 is 2.52 bits per heavy atom. The molecule has 1 aromatic heterocycles. The van der Waals surface area contributed by atoms with Gasteiger partial charge in [0.05, 0.1) is 17.8 Å². The minimum atomic E-state index is -4.33. The summed E-state index contributed by atoms with van der Waals surface area (Å²) in [5.41, 5.74) is 1.64. The Morgan fingerprint density at radius 1 is 1.00 bits per heavy atom. The molecule has 0 atom stereocenters. The van der Waals surface area contributed by atoms with E-state index in [4.69, 9.17) is 0 Å². The van der Waals surface area contributed by atoms with E-state index in [0.717, 1.165) is 27.9 Å². The molecule has 0 amide bonds. The van der Waals surface area contributed by atoms with Crippen LogP contribution in [0.1, 0.15) is 11.1 Å². The average molecular weight is 381 g/mol. The molecular weight excluding hydrogens is 369 g/mol. The summed E-state index contributed by atoms with van der Waals surface area (Å²) in [7, 11) is 0. The summed E-state index contributed by atoms with van der Waals surface area (Å²) in [6.07, 6.45) is -2.57. The normalized spacial score (nSPS) is 11.7. The summed E-state index contributed by atoms with van der Waals surface area (Å²) < 4.78 is 40.8. The molecule has 2 nitrogen and oxygen atoms in total. The fourth-order valence-corrected chi connectivity index (χ4v) is 2.68. The summed E-state index contributed by atoms with van der Waals surface area (Å²) in [5.74, 6) is 0.